The number of benzene rings is 1. The summed E-state index contributed by atoms with van der Waals surface area (Å²) in [5.41, 5.74) is 4.55. The molecule has 0 aliphatic carbocycles. The van der Waals surface area contributed by atoms with Crippen LogP contribution >= 0.6 is 0 Å². The van der Waals surface area contributed by atoms with Gasteiger partial charge in [-0.1, -0.05) is 18.2 Å². The second-order valence-corrected chi connectivity index (χ2v) is 7.29. The van der Waals surface area contributed by atoms with E-state index < -0.39 is 0 Å². The fourth-order valence-corrected chi connectivity index (χ4v) is 3.85. The van der Waals surface area contributed by atoms with Crippen molar-refractivity contribution >= 4 is 5.97 Å². The predicted octanol–water partition coefficient (Wildman–Crippen LogP) is 3.07. The Balaban J connectivity index is 1.60. The lowest BCUT2D eigenvalue weighted by atomic mass is 10.0. The van der Waals surface area contributed by atoms with Crippen molar-refractivity contribution in [3.05, 3.63) is 76.9 Å². The maximum atomic E-state index is 12.6. The number of carbonyl (C=O) groups excluding carboxylic acids is 1. The Morgan fingerprint density at radius 2 is 2.07 bits per heavy atom. The smallest absolute Gasteiger partial charge is 0.359 e. The first-order valence-electron chi connectivity index (χ1n) is 10.2. The molecule has 0 radical (unpaired) electrons. The number of methoxy groups -OCH3 is 1. The van der Waals surface area contributed by atoms with Crippen LogP contribution in [0.25, 0.3) is 0 Å². The number of nitrogens with zero attached hydrogens (tertiary/aromatic N) is 4. The van der Waals surface area contributed by atoms with Crippen molar-refractivity contribution in [3.63, 3.8) is 0 Å². The first-order chi connectivity index (χ1) is 14.7. The normalized spacial score (nSPS) is 13.7. The molecular weight excluding hydrogens is 380 g/mol. The van der Waals surface area contributed by atoms with Crippen LogP contribution in [-0.4, -0.2) is 45.9 Å². The van der Waals surface area contributed by atoms with Gasteiger partial charge in [-0.3, -0.25) is 14.6 Å². The van der Waals surface area contributed by atoms with Gasteiger partial charge >= 0.3 is 5.97 Å². The van der Waals surface area contributed by atoms with Gasteiger partial charge in [-0.25, -0.2) is 4.79 Å². The highest BCUT2D eigenvalue weighted by Crippen LogP contribution is 2.26. The van der Waals surface area contributed by atoms with E-state index in [2.05, 4.69) is 21.0 Å². The molecule has 2 aromatic heterocycles. The zero-order chi connectivity index (χ0) is 20.9. The number of rotatable bonds is 7. The number of fused-ring (bicyclic) bond motifs is 1. The molecule has 30 heavy (non-hydrogen) atoms. The van der Waals surface area contributed by atoms with E-state index in [4.69, 9.17) is 9.47 Å². The molecule has 0 amide bonds. The fourth-order valence-electron chi connectivity index (χ4n) is 3.85. The van der Waals surface area contributed by atoms with Crippen LogP contribution in [0.1, 0.15) is 39.9 Å². The molecule has 0 bridgehead atoms. The summed E-state index contributed by atoms with van der Waals surface area (Å²) < 4.78 is 12.5. The van der Waals surface area contributed by atoms with Gasteiger partial charge in [-0.15, -0.1) is 0 Å². The zero-order valence-electron chi connectivity index (χ0n) is 17.4. The first-order valence-corrected chi connectivity index (χ1v) is 10.2. The van der Waals surface area contributed by atoms with Crippen LogP contribution in [0.15, 0.2) is 48.7 Å². The van der Waals surface area contributed by atoms with E-state index in [9.17, 15) is 4.79 Å². The molecule has 0 atom stereocenters. The molecule has 7 heteroatoms. The molecule has 0 saturated carbocycles. The van der Waals surface area contributed by atoms with Crippen LogP contribution in [0.4, 0.5) is 0 Å². The van der Waals surface area contributed by atoms with E-state index >= 15 is 0 Å². The van der Waals surface area contributed by atoms with Crippen LogP contribution in [0.3, 0.4) is 0 Å². The topological polar surface area (TPSA) is 69.5 Å². The summed E-state index contributed by atoms with van der Waals surface area (Å²) in [5.74, 6) is 0.484. The molecule has 0 saturated heterocycles. The third-order valence-electron chi connectivity index (χ3n) is 5.26. The number of esters is 1. The van der Waals surface area contributed by atoms with Crippen LogP contribution in [0.2, 0.25) is 0 Å². The summed E-state index contributed by atoms with van der Waals surface area (Å²) in [6.07, 6.45) is 2.59. The Kier molecular flexibility index (Phi) is 6.09. The molecule has 4 rings (SSSR count). The lowest BCUT2D eigenvalue weighted by Gasteiger charge is -2.27. The molecule has 0 spiro atoms. The minimum atomic E-state index is -0.364. The molecule has 3 aromatic rings. The molecular formula is C23H26N4O3. The van der Waals surface area contributed by atoms with E-state index in [0.29, 0.717) is 25.4 Å². The SMILES string of the molecule is CCOC(=O)c1nn(Cc2ccccn2)c2c1CN(Cc1cccc(OC)c1)CC2. The number of hydrogen-bond donors (Lipinski definition) is 0. The van der Waals surface area contributed by atoms with Crippen molar-refractivity contribution in [2.24, 2.45) is 0 Å². The van der Waals surface area contributed by atoms with Crippen molar-refractivity contribution in [3.8, 4) is 5.75 Å². The Morgan fingerprint density at radius 1 is 1.17 bits per heavy atom. The van der Waals surface area contributed by atoms with Gasteiger partial charge in [0.15, 0.2) is 5.69 Å². The van der Waals surface area contributed by atoms with E-state index in [1.807, 2.05) is 48.0 Å². The monoisotopic (exact) mass is 406 g/mol. The average molecular weight is 406 g/mol. The maximum absolute atomic E-state index is 12.6. The highest BCUT2D eigenvalue weighted by Gasteiger charge is 2.29. The van der Waals surface area contributed by atoms with Gasteiger partial charge in [0.25, 0.3) is 0 Å². The predicted molar refractivity (Wildman–Crippen MR) is 112 cm³/mol. The molecule has 0 unspecified atom stereocenters. The third kappa shape index (κ3) is 4.36. The molecule has 3 heterocycles. The number of carbonyl (C=O) groups is 1. The summed E-state index contributed by atoms with van der Waals surface area (Å²) in [6, 6.07) is 13.9. The number of pyridine rings is 1. The molecule has 1 aliphatic rings. The van der Waals surface area contributed by atoms with Crippen LogP contribution in [-0.2, 0) is 30.8 Å². The number of ether oxygens (including phenoxy) is 2. The second kappa shape index (κ2) is 9.09. The van der Waals surface area contributed by atoms with Gasteiger partial charge in [-0.05, 0) is 36.8 Å². The highest BCUT2D eigenvalue weighted by molar-refractivity contribution is 5.89. The average Bonchev–Trinajstić information content (AvgIpc) is 3.12. The van der Waals surface area contributed by atoms with E-state index in [1.54, 1.807) is 13.3 Å². The lowest BCUT2D eigenvalue weighted by Crippen LogP contribution is -2.31. The molecule has 1 aliphatic heterocycles. The van der Waals surface area contributed by atoms with E-state index in [1.165, 1.54) is 5.56 Å². The van der Waals surface area contributed by atoms with Crippen molar-refractivity contribution in [1.29, 1.82) is 0 Å². The quantitative estimate of drug-likeness (QED) is 0.562. The molecule has 1 aromatic carbocycles. The summed E-state index contributed by atoms with van der Waals surface area (Å²) in [7, 11) is 1.67. The Labute approximate surface area is 176 Å². The fraction of sp³-hybridized carbons (Fsp3) is 0.348. The van der Waals surface area contributed by atoms with E-state index in [-0.39, 0.29) is 5.97 Å². The summed E-state index contributed by atoms with van der Waals surface area (Å²) in [6.45, 7) is 5.00. The Bertz CT molecular complexity index is 1020. The summed E-state index contributed by atoms with van der Waals surface area (Å²) in [4.78, 5) is 19.3. The largest absolute Gasteiger partial charge is 0.497 e. The van der Waals surface area contributed by atoms with Crippen molar-refractivity contribution in [1.82, 2.24) is 19.7 Å². The molecule has 0 fully saturated rings. The third-order valence-corrected chi connectivity index (χ3v) is 5.26. The van der Waals surface area contributed by atoms with Gasteiger partial charge in [0.05, 0.1) is 26.0 Å². The minimum Gasteiger partial charge on any atom is -0.497 e. The summed E-state index contributed by atoms with van der Waals surface area (Å²) >= 11 is 0. The van der Waals surface area contributed by atoms with Crippen molar-refractivity contribution in [2.45, 2.75) is 33.0 Å². The standard InChI is InChI=1S/C23H26N4O3/c1-3-30-23(28)22-20-16-26(14-17-7-6-9-19(13-17)29-2)12-10-21(20)27(25-22)15-18-8-4-5-11-24-18/h4-9,11,13H,3,10,12,14-16H2,1-2H3. The lowest BCUT2D eigenvalue weighted by molar-refractivity contribution is 0.0515. The zero-order valence-corrected chi connectivity index (χ0v) is 17.4. The molecule has 0 N–H and O–H groups in total. The highest BCUT2D eigenvalue weighted by atomic mass is 16.5. The van der Waals surface area contributed by atoms with Crippen LogP contribution < -0.4 is 4.74 Å². The molecule has 156 valence electrons. The van der Waals surface area contributed by atoms with Crippen LogP contribution in [0, 0.1) is 0 Å². The van der Waals surface area contributed by atoms with Gasteiger partial charge in [0.2, 0.25) is 0 Å². The Hall–Kier alpha value is -3.19. The van der Waals surface area contributed by atoms with Crippen LogP contribution in [0.5, 0.6) is 5.75 Å². The van der Waals surface area contributed by atoms with E-state index in [0.717, 1.165) is 42.2 Å². The second-order valence-electron chi connectivity index (χ2n) is 7.29. The maximum Gasteiger partial charge on any atom is 0.359 e. The Morgan fingerprint density at radius 3 is 2.83 bits per heavy atom. The van der Waals surface area contributed by atoms with Gasteiger partial charge in [0.1, 0.15) is 5.75 Å². The summed E-state index contributed by atoms with van der Waals surface area (Å²) in [5, 5.41) is 4.63. The minimum absolute atomic E-state index is 0.328. The number of aromatic nitrogens is 3. The molecule has 7 nitrogen and oxygen atoms in total. The number of hydrogen-bond acceptors (Lipinski definition) is 6. The first kappa shape index (κ1) is 20.1. The van der Waals surface area contributed by atoms with Gasteiger partial charge in [-0.2, -0.15) is 5.10 Å². The van der Waals surface area contributed by atoms with Gasteiger partial charge < -0.3 is 9.47 Å². The van der Waals surface area contributed by atoms with Crippen molar-refractivity contribution < 1.29 is 14.3 Å². The van der Waals surface area contributed by atoms with Gasteiger partial charge in [0, 0.05) is 43.5 Å². The van der Waals surface area contributed by atoms with Crippen molar-refractivity contribution in [2.75, 3.05) is 20.3 Å².